The molecule has 1 aliphatic carbocycles. The largest absolute Gasteiger partial charge is 1.00 e. The Bertz CT molecular complexity index is 1460. The number of hydrogen-bond acceptors (Lipinski definition) is 3. The predicted molar refractivity (Wildman–Crippen MR) is 172 cm³/mol. The average molecular weight is 708 g/mol. The van der Waals surface area contributed by atoms with Gasteiger partial charge in [0.25, 0.3) is 0 Å². The van der Waals surface area contributed by atoms with Crippen LogP contribution in [0.15, 0.2) is 57.0 Å². The fraction of sp³-hybridized carbons (Fsp3) is 0.389. The Hall–Kier alpha value is -1.66. The fourth-order valence-corrected chi connectivity index (χ4v) is 14.9. The maximum absolute atomic E-state index is 6.05. The number of hydrogen-bond donors (Lipinski definition) is 0. The minimum atomic E-state index is -2.99. The molecule has 0 saturated heterocycles. The standard InChI is InChI=1S/C36H45O3Si.3ClH.Ti/c1-21-14-30(17-33(37-11)26(21)6)40(36(10)20-24(4)25(5)29(36)9,31-15-22(2)27(7)34(18-31)38-12)32-16-23(3)28(8)35(19-32)39-13;;;;/h14-19H,1-13H3;3*1H;/q;;;;+3/p-3. The first-order chi connectivity index (χ1) is 19.2. The molecule has 1 atom stereocenters. The molecule has 0 bridgehead atoms. The molecule has 0 N–H and O–H groups in total. The third kappa shape index (κ3) is 5.85. The number of ether oxygens (including phenoxy) is 3. The molecule has 0 radical (unpaired) electrons. The molecule has 0 saturated carbocycles. The van der Waals surface area contributed by atoms with Crippen LogP contribution in [0.5, 0.6) is 17.2 Å². The molecule has 3 nitrogen and oxygen atoms in total. The van der Waals surface area contributed by atoms with Crippen LogP contribution in [-0.2, 0) is 20.4 Å². The Morgan fingerprint density at radius 1 is 0.523 bits per heavy atom. The molecule has 3 aromatic rings. The van der Waals surface area contributed by atoms with Gasteiger partial charge in [0.2, 0.25) is 0 Å². The van der Waals surface area contributed by atoms with Gasteiger partial charge in [0.05, 0.1) is 0 Å². The smallest absolute Gasteiger partial charge is 1.00 e. The number of benzene rings is 3. The molecule has 0 aliphatic heterocycles. The van der Waals surface area contributed by atoms with Gasteiger partial charge < -0.3 is 37.2 Å². The maximum atomic E-state index is 6.05. The molecule has 0 spiro atoms. The zero-order valence-electron chi connectivity index (χ0n) is 28.3. The van der Waals surface area contributed by atoms with Crippen molar-refractivity contribution in [1.29, 1.82) is 0 Å². The zero-order valence-corrected chi connectivity index (χ0v) is 33.2. The summed E-state index contributed by atoms with van der Waals surface area (Å²) < 4.78 is 19.6. The van der Waals surface area contributed by atoms with Crippen molar-refractivity contribution < 1.29 is 71.9 Å². The summed E-state index contributed by atoms with van der Waals surface area (Å²) in [5.41, 5.74) is 11.5. The summed E-state index contributed by atoms with van der Waals surface area (Å²) in [7, 11) is 2.37. The third-order valence-corrected chi connectivity index (χ3v) is 17.7. The van der Waals surface area contributed by atoms with Gasteiger partial charge >= 0.3 is 262 Å². The Morgan fingerprint density at radius 3 is 1.05 bits per heavy atom. The number of rotatable bonds is 7. The van der Waals surface area contributed by atoms with Crippen molar-refractivity contribution in [3.8, 4) is 17.2 Å². The van der Waals surface area contributed by atoms with Gasteiger partial charge in [-0.25, -0.2) is 0 Å². The summed E-state index contributed by atoms with van der Waals surface area (Å²) in [6.45, 7) is 22.5. The molecule has 4 rings (SSSR count). The summed E-state index contributed by atoms with van der Waals surface area (Å²) in [5, 5.41) is 3.73. The monoisotopic (exact) mass is 706 g/mol. The molecule has 8 heteroatoms. The second-order valence-electron chi connectivity index (χ2n) is 12.0. The van der Waals surface area contributed by atoms with Crippen molar-refractivity contribution in [2.75, 3.05) is 21.3 Å². The van der Waals surface area contributed by atoms with E-state index in [1.807, 2.05) is 0 Å². The van der Waals surface area contributed by atoms with Gasteiger partial charge in [-0.1, -0.05) is 0 Å². The van der Waals surface area contributed by atoms with Crippen LogP contribution in [0.3, 0.4) is 0 Å². The minimum Gasteiger partial charge on any atom is -1.00 e. The van der Waals surface area contributed by atoms with Gasteiger partial charge in [-0.15, -0.1) is 0 Å². The van der Waals surface area contributed by atoms with E-state index in [0.717, 1.165) is 17.2 Å². The number of allylic oxidation sites excluding steroid dienone is 4. The Balaban J connectivity index is 0.00000323. The third-order valence-electron chi connectivity index (χ3n) is 10.3. The second kappa shape index (κ2) is 14.8. The van der Waals surface area contributed by atoms with Crippen LogP contribution in [0.1, 0.15) is 61.1 Å². The second-order valence-corrected chi connectivity index (χ2v) is 17.0. The van der Waals surface area contributed by atoms with Crippen LogP contribution < -0.4 is 67.0 Å². The molecular formula is C36H45Cl3O3SiTi. The van der Waals surface area contributed by atoms with E-state index in [-0.39, 0.29) is 42.3 Å². The first-order valence-corrected chi connectivity index (χ1v) is 17.1. The molecule has 0 amide bonds. The fourth-order valence-electron chi connectivity index (χ4n) is 7.01. The summed E-state index contributed by atoms with van der Waals surface area (Å²) in [6.07, 6.45) is 0. The Labute approximate surface area is 296 Å². The van der Waals surface area contributed by atoms with Crippen LogP contribution in [-0.4, -0.2) is 29.4 Å². The van der Waals surface area contributed by atoms with Crippen LogP contribution in [0.25, 0.3) is 0 Å². The SMILES string of the molecule is COc1cc([Si](c2cc(C)c(C)c(OC)c2)(c2cc(C)c(C)c(OC)c2)C2(C)C(C)=C(C)C(C)=[C]2[Ti+3])cc(C)c1C.[Cl-].[Cl-].[Cl-]. The predicted octanol–water partition coefficient (Wildman–Crippen LogP) is -2.02. The summed E-state index contributed by atoms with van der Waals surface area (Å²) in [5.74, 6) is 2.80. The van der Waals surface area contributed by atoms with Gasteiger partial charge in [-0.2, -0.15) is 0 Å². The van der Waals surface area contributed by atoms with Gasteiger partial charge in [-0.05, 0) is 0 Å². The molecule has 236 valence electrons. The van der Waals surface area contributed by atoms with Crippen molar-refractivity contribution in [3.05, 3.63) is 90.4 Å². The first kappa shape index (κ1) is 40.4. The van der Waals surface area contributed by atoms with Crippen molar-refractivity contribution in [3.63, 3.8) is 0 Å². The van der Waals surface area contributed by atoms with Gasteiger partial charge in [-0.3, -0.25) is 0 Å². The summed E-state index contributed by atoms with van der Waals surface area (Å²) in [4.78, 5) is 0. The Morgan fingerprint density at radius 2 is 0.818 bits per heavy atom. The van der Waals surface area contributed by atoms with Crippen molar-refractivity contribution in [2.24, 2.45) is 0 Å². The van der Waals surface area contributed by atoms with Gasteiger partial charge in [0.1, 0.15) is 0 Å². The normalized spacial score (nSPS) is 16.2. The first-order valence-electron chi connectivity index (χ1n) is 14.3. The molecule has 0 heterocycles. The molecule has 1 unspecified atom stereocenters. The number of halogens is 3. The quantitative estimate of drug-likeness (QED) is 0.210. The summed E-state index contributed by atoms with van der Waals surface area (Å²) in [6, 6.07) is 14.3. The van der Waals surface area contributed by atoms with Crippen LogP contribution in [0.4, 0.5) is 0 Å². The van der Waals surface area contributed by atoms with Crippen molar-refractivity contribution >= 4 is 23.6 Å². The topological polar surface area (TPSA) is 27.7 Å². The molecular weight excluding hydrogens is 663 g/mol. The van der Waals surface area contributed by atoms with E-state index in [4.69, 9.17) is 14.2 Å². The number of methoxy groups -OCH3 is 3. The van der Waals surface area contributed by atoms with E-state index < -0.39 is 8.07 Å². The van der Waals surface area contributed by atoms with Gasteiger partial charge in [0.15, 0.2) is 0 Å². The summed E-state index contributed by atoms with van der Waals surface area (Å²) >= 11 is 2.35. The van der Waals surface area contributed by atoms with Gasteiger partial charge in [0, 0.05) is 0 Å². The van der Waals surface area contributed by atoms with Crippen LogP contribution in [0, 0.1) is 41.5 Å². The van der Waals surface area contributed by atoms with E-state index in [2.05, 4.69) is 126 Å². The van der Waals surface area contributed by atoms with E-state index >= 15 is 0 Å². The van der Waals surface area contributed by atoms with Crippen LogP contribution in [0.2, 0.25) is 5.04 Å². The molecule has 3 aromatic carbocycles. The van der Waals surface area contributed by atoms with E-state index in [0.29, 0.717) is 0 Å². The van der Waals surface area contributed by atoms with E-state index in [1.54, 1.807) is 21.3 Å². The van der Waals surface area contributed by atoms with E-state index in [9.17, 15) is 0 Å². The minimum absolute atomic E-state index is 0. The average Bonchev–Trinajstić information content (AvgIpc) is 3.09. The number of aryl methyl sites for hydroxylation is 3. The zero-order chi connectivity index (χ0) is 30.6. The maximum Gasteiger partial charge on any atom is -1.00 e. The molecule has 0 aromatic heterocycles. The van der Waals surface area contributed by atoms with Crippen molar-refractivity contribution in [2.45, 2.75) is 74.3 Å². The van der Waals surface area contributed by atoms with E-state index in [1.165, 1.54) is 69.5 Å². The van der Waals surface area contributed by atoms with Crippen LogP contribution >= 0.6 is 0 Å². The Kier molecular flexibility index (Phi) is 13.6. The van der Waals surface area contributed by atoms with Crippen molar-refractivity contribution in [1.82, 2.24) is 0 Å². The molecule has 1 aliphatic rings. The molecule has 44 heavy (non-hydrogen) atoms. The molecule has 0 fully saturated rings.